The molecule has 2 aromatic heterocycles. The minimum Gasteiger partial charge on any atom is -0.352 e. The first kappa shape index (κ1) is 14.1. The van der Waals surface area contributed by atoms with Gasteiger partial charge in [0.05, 0.1) is 0 Å². The van der Waals surface area contributed by atoms with Crippen molar-refractivity contribution in [1.29, 1.82) is 0 Å². The number of piperidine rings is 1. The Hall–Kier alpha value is -1.83. The van der Waals surface area contributed by atoms with E-state index < -0.39 is 11.9 Å². The monoisotopic (exact) mass is 299 g/mol. The smallest absolute Gasteiger partial charge is 0.352 e. The van der Waals surface area contributed by atoms with Crippen molar-refractivity contribution >= 4 is 11.3 Å². The standard InChI is InChI=1S/C13H16F3N5/c1-8-6-9(17)2-4-20(8)12-10-7-11(13(14,15)16)19-21(10)5-3-18-12/h3,5,7-9H,2,4,6,17H2,1H3. The Balaban J connectivity index is 2.04. The first-order valence-corrected chi connectivity index (χ1v) is 6.80. The lowest BCUT2D eigenvalue weighted by atomic mass is 9.99. The Kier molecular flexibility index (Phi) is 3.27. The molecule has 1 aliphatic heterocycles. The minimum atomic E-state index is -4.46. The van der Waals surface area contributed by atoms with Crippen LogP contribution < -0.4 is 10.6 Å². The number of rotatable bonds is 1. The average molecular weight is 299 g/mol. The van der Waals surface area contributed by atoms with Gasteiger partial charge in [0.1, 0.15) is 5.52 Å². The average Bonchev–Trinajstić information content (AvgIpc) is 2.82. The Morgan fingerprint density at radius 1 is 1.38 bits per heavy atom. The van der Waals surface area contributed by atoms with Crippen molar-refractivity contribution in [3.8, 4) is 0 Å². The second-order valence-electron chi connectivity index (χ2n) is 5.43. The number of aromatic nitrogens is 3. The fraction of sp³-hybridized carbons (Fsp3) is 0.538. The summed E-state index contributed by atoms with van der Waals surface area (Å²) in [6, 6.07) is 1.31. The summed E-state index contributed by atoms with van der Waals surface area (Å²) < 4.78 is 39.6. The summed E-state index contributed by atoms with van der Waals surface area (Å²) in [7, 11) is 0. The molecule has 0 radical (unpaired) electrons. The molecule has 3 rings (SSSR count). The van der Waals surface area contributed by atoms with Crippen LogP contribution in [-0.4, -0.2) is 33.2 Å². The van der Waals surface area contributed by atoms with E-state index in [0.29, 0.717) is 17.9 Å². The Morgan fingerprint density at radius 2 is 2.14 bits per heavy atom. The molecule has 21 heavy (non-hydrogen) atoms. The van der Waals surface area contributed by atoms with E-state index in [0.717, 1.165) is 18.9 Å². The highest BCUT2D eigenvalue weighted by Crippen LogP contribution is 2.32. The summed E-state index contributed by atoms with van der Waals surface area (Å²) in [5, 5.41) is 3.58. The second kappa shape index (κ2) is 4.87. The van der Waals surface area contributed by atoms with Gasteiger partial charge in [-0.1, -0.05) is 0 Å². The molecular formula is C13H16F3N5. The third-order valence-electron chi connectivity index (χ3n) is 3.85. The molecule has 2 aromatic rings. The van der Waals surface area contributed by atoms with Gasteiger partial charge in [-0.25, -0.2) is 9.50 Å². The van der Waals surface area contributed by atoms with E-state index in [9.17, 15) is 13.2 Å². The van der Waals surface area contributed by atoms with Crippen LogP contribution in [0.4, 0.5) is 19.0 Å². The van der Waals surface area contributed by atoms with Crippen LogP contribution in [0, 0.1) is 0 Å². The molecule has 2 unspecified atom stereocenters. The minimum absolute atomic E-state index is 0.131. The third kappa shape index (κ3) is 2.55. The molecule has 114 valence electrons. The zero-order valence-corrected chi connectivity index (χ0v) is 11.5. The van der Waals surface area contributed by atoms with Crippen LogP contribution in [0.15, 0.2) is 18.5 Å². The van der Waals surface area contributed by atoms with Crippen LogP contribution in [0.2, 0.25) is 0 Å². The van der Waals surface area contributed by atoms with Crippen molar-refractivity contribution < 1.29 is 13.2 Å². The Bertz CT molecular complexity index is 651. The van der Waals surface area contributed by atoms with Crippen LogP contribution in [0.25, 0.3) is 5.52 Å². The lowest BCUT2D eigenvalue weighted by Gasteiger charge is -2.37. The van der Waals surface area contributed by atoms with Crippen LogP contribution >= 0.6 is 0 Å². The van der Waals surface area contributed by atoms with Gasteiger partial charge in [-0.3, -0.25) is 0 Å². The maximum absolute atomic E-state index is 12.8. The van der Waals surface area contributed by atoms with E-state index in [4.69, 9.17) is 5.73 Å². The summed E-state index contributed by atoms with van der Waals surface area (Å²) in [5.74, 6) is 0.528. The maximum atomic E-state index is 12.8. The highest BCUT2D eigenvalue weighted by Gasteiger charge is 2.35. The molecule has 2 atom stereocenters. The molecule has 0 aliphatic carbocycles. The van der Waals surface area contributed by atoms with Crippen molar-refractivity contribution in [3.63, 3.8) is 0 Å². The van der Waals surface area contributed by atoms with Crippen molar-refractivity contribution in [2.45, 2.75) is 38.0 Å². The first-order chi connectivity index (χ1) is 9.86. The van der Waals surface area contributed by atoms with Crippen molar-refractivity contribution in [3.05, 3.63) is 24.2 Å². The molecule has 0 saturated carbocycles. The number of nitrogens with zero attached hydrogens (tertiary/aromatic N) is 4. The summed E-state index contributed by atoms with van der Waals surface area (Å²) in [6.45, 7) is 2.69. The molecule has 1 aliphatic rings. The predicted octanol–water partition coefficient (Wildman–Crippen LogP) is 2.06. The zero-order chi connectivity index (χ0) is 15.2. The summed E-state index contributed by atoms with van der Waals surface area (Å²) in [4.78, 5) is 6.26. The molecule has 0 aromatic carbocycles. The van der Waals surface area contributed by atoms with E-state index in [2.05, 4.69) is 10.1 Å². The number of hydrogen-bond donors (Lipinski definition) is 1. The number of fused-ring (bicyclic) bond motifs is 1. The van der Waals surface area contributed by atoms with E-state index in [1.165, 1.54) is 16.9 Å². The zero-order valence-electron chi connectivity index (χ0n) is 11.5. The molecule has 1 fully saturated rings. The van der Waals surface area contributed by atoms with Crippen molar-refractivity contribution in [2.24, 2.45) is 5.73 Å². The number of nitrogens with two attached hydrogens (primary N) is 1. The van der Waals surface area contributed by atoms with Crippen molar-refractivity contribution in [1.82, 2.24) is 14.6 Å². The highest BCUT2D eigenvalue weighted by atomic mass is 19.4. The van der Waals surface area contributed by atoms with E-state index in [1.54, 1.807) is 0 Å². The molecule has 0 bridgehead atoms. The molecule has 5 nitrogen and oxygen atoms in total. The van der Waals surface area contributed by atoms with Gasteiger partial charge in [-0.2, -0.15) is 18.3 Å². The number of anilines is 1. The largest absolute Gasteiger partial charge is 0.435 e. The molecular weight excluding hydrogens is 283 g/mol. The van der Waals surface area contributed by atoms with Crippen molar-refractivity contribution in [2.75, 3.05) is 11.4 Å². The molecule has 2 N–H and O–H groups in total. The maximum Gasteiger partial charge on any atom is 0.435 e. The van der Waals surface area contributed by atoms with Gasteiger partial charge in [0.2, 0.25) is 0 Å². The van der Waals surface area contributed by atoms with E-state index in [-0.39, 0.29) is 12.1 Å². The van der Waals surface area contributed by atoms with Crippen LogP contribution in [-0.2, 0) is 6.18 Å². The second-order valence-corrected chi connectivity index (χ2v) is 5.43. The highest BCUT2D eigenvalue weighted by molar-refractivity contribution is 5.69. The molecule has 1 saturated heterocycles. The van der Waals surface area contributed by atoms with E-state index >= 15 is 0 Å². The molecule has 0 spiro atoms. The van der Waals surface area contributed by atoms with Crippen LogP contribution in [0.3, 0.4) is 0 Å². The SMILES string of the molecule is CC1CC(N)CCN1c1nccn2nc(C(F)(F)F)cc12. The quantitative estimate of drug-likeness (QED) is 0.875. The lowest BCUT2D eigenvalue weighted by Crippen LogP contribution is -2.46. The summed E-state index contributed by atoms with van der Waals surface area (Å²) >= 11 is 0. The Morgan fingerprint density at radius 3 is 2.81 bits per heavy atom. The molecule has 0 amide bonds. The molecule has 8 heteroatoms. The summed E-state index contributed by atoms with van der Waals surface area (Å²) in [6.07, 6.45) is 0.0284. The number of alkyl halides is 3. The fourth-order valence-corrected chi connectivity index (χ4v) is 2.79. The Labute approximate surface area is 119 Å². The fourth-order valence-electron chi connectivity index (χ4n) is 2.79. The van der Waals surface area contributed by atoms with Gasteiger partial charge in [-0.05, 0) is 19.8 Å². The lowest BCUT2D eigenvalue weighted by molar-refractivity contribution is -0.141. The normalized spacial score (nSPS) is 23.8. The predicted molar refractivity (Wildman–Crippen MR) is 72.0 cm³/mol. The number of hydrogen-bond acceptors (Lipinski definition) is 4. The summed E-state index contributed by atoms with van der Waals surface area (Å²) in [5.41, 5.74) is 5.39. The van der Waals surface area contributed by atoms with Gasteiger partial charge in [-0.15, -0.1) is 0 Å². The van der Waals surface area contributed by atoms with Gasteiger partial charge < -0.3 is 10.6 Å². The van der Waals surface area contributed by atoms with E-state index in [1.807, 2.05) is 11.8 Å². The topological polar surface area (TPSA) is 59.5 Å². The molecule has 3 heterocycles. The van der Waals surface area contributed by atoms with Gasteiger partial charge in [0.25, 0.3) is 0 Å². The van der Waals surface area contributed by atoms with Gasteiger partial charge >= 0.3 is 6.18 Å². The first-order valence-electron chi connectivity index (χ1n) is 6.80. The number of halogens is 3. The van der Waals surface area contributed by atoms with Gasteiger partial charge in [0.15, 0.2) is 11.5 Å². The van der Waals surface area contributed by atoms with Gasteiger partial charge in [0, 0.05) is 37.1 Å². The van der Waals surface area contributed by atoms with Crippen LogP contribution in [0.5, 0.6) is 0 Å². The third-order valence-corrected chi connectivity index (χ3v) is 3.85. The van der Waals surface area contributed by atoms with Crippen LogP contribution in [0.1, 0.15) is 25.5 Å².